The Bertz CT molecular complexity index is 1080. The molecule has 160 valence electrons. The van der Waals surface area contributed by atoms with Gasteiger partial charge in [0.15, 0.2) is 11.6 Å². The predicted octanol–water partition coefficient (Wildman–Crippen LogP) is 3.85. The summed E-state index contributed by atoms with van der Waals surface area (Å²) in [5.74, 6) is -0.828. The number of hydrogen-bond acceptors (Lipinski definition) is 4. The summed E-state index contributed by atoms with van der Waals surface area (Å²) in [6, 6.07) is 12.7. The van der Waals surface area contributed by atoms with Gasteiger partial charge in [0.2, 0.25) is 0 Å². The quantitative estimate of drug-likeness (QED) is 0.680. The average molecular weight is 421 g/mol. The van der Waals surface area contributed by atoms with Gasteiger partial charge in [-0.1, -0.05) is 24.6 Å². The summed E-state index contributed by atoms with van der Waals surface area (Å²) in [6.07, 6.45) is 5.63. The zero-order valence-electron chi connectivity index (χ0n) is 17.1. The molecule has 1 saturated carbocycles. The van der Waals surface area contributed by atoms with E-state index >= 15 is 0 Å². The number of hydrogen-bond donors (Lipinski definition) is 1. The number of rotatable bonds is 5. The van der Waals surface area contributed by atoms with Crippen LogP contribution in [-0.4, -0.2) is 37.9 Å². The number of carbonyl (C=O) groups is 1. The number of benzene rings is 2. The molecule has 1 amide bonds. The second-order valence-corrected chi connectivity index (χ2v) is 8.20. The van der Waals surface area contributed by atoms with Crippen LogP contribution in [-0.2, 0) is 13.1 Å². The smallest absolute Gasteiger partial charge is 0.258 e. The summed E-state index contributed by atoms with van der Waals surface area (Å²) < 4.78 is 22.3. The van der Waals surface area contributed by atoms with E-state index in [9.17, 15) is 14.3 Å². The third-order valence-electron chi connectivity index (χ3n) is 6.07. The van der Waals surface area contributed by atoms with Crippen LogP contribution in [0.15, 0.2) is 54.9 Å². The molecule has 0 spiro atoms. The molecule has 2 heterocycles. The Hall–Kier alpha value is -3.19. The summed E-state index contributed by atoms with van der Waals surface area (Å²) in [7, 11) is 0. The summed E-state index contributed by atoms with van der Waals surface area (Å²) in [5.41, 5.74) is 2.95. The van der Waals surface area contributed by atoms with Gasteiger partial charge in [-0.2, -0.15) is 5.10 Å². The van der Waals surface area contributed by atoms with Crippen molar-refractivity contribution >= 4 is 5.91 Å². The monoisotopic (exact) mass is 421 g/mol. The largest absolute Gasteiger partial charge is 0.484 e. The van der Waals surface area contributed by atoms with Gasteiger partial charge < -0.3 is 14.7 Å². The second kappa shape index (κ2) is 8.15. The number of aromatic nitrogens is 2. The van der Waals surface area contributed by atoms with E-state index in [0.29, 0.717) is 25.9 Å². The van der Waals surface area contributed by atoms with Gasteiger partial charge in [-0.3, -0.25) is 4.79 Å². The lowest BCUT2D eigenvalue weighted by Gasteiger charge is -2.29. The van der Waals surface area contributed by atoms with Crippen molar-refractivity contribution in [3.05, 3.63) is 77.4 Å². The summed E-state index contributed by atoms with van der Waals surface area (Å²) >= 11 is 0. The molecule has 2 atom stereocenters. The SMILES string of the molecule is O=C1c2c(ccc(F)c2O[C@H]2CCCC[C@@H]2O)CN1Cc1ccc(-n2cccn2)cc1. The van der Waals surface area contributed by atoms with Crippen LogP contribution >= 0.6 is 0 Å². The molecule has 5 rings (SSSR count). The minimum atomic E-state index is -0.634. The number of ether oxygens (including phenoxy) is 1. The molecule has 1 N–H and O–H groups in total. The van der Waals surface area contributed by atoms with E-state index in [4.69, 9.17) is 4.74 Å². The molecule has 7 heteroatoms. The zero-order valence-corrected chi connectivity index (χ0v) is 17.1. The highest BCUT2D eigenvalue weighted by molar-refractivity contribution is 6.01. The predicted molar refractivity (Wildman–Crippen MR) is 112 cm³/mol. The molecular weight excluding hydrogens is 397 g/mol. The van der Waals surface area contributed by atoms with E-state index in [2.05, 4.69) is 5.10 Å². The highest BCUT2D eigenvalue weighted by atomic mass is 19.1. The molecule has 3 aromatic rings. The van der Waals surface area contributed by atoms with Gasteiger partial charge in [-0.25, -0.2) is 9.07 Å². The zero-order chi connectivity index (χ0) is 21.4. The van der Waals surface area contributed by atoms with Crippen LogP contribution < -0.4 is 4.74 Å². The third-order valence-corrected chi connectivity index (χ3v) is 6.07. The van der Waals surface area contributed by atoms with E-state index in [1.807, 2.05) is 36.5 Å². The van der Waals surface area contributed by atoms with Crippen molar-refractivity contribution in [1.82, 2.24) is 14.7 Å². The molecule has 1 aliphatic heterocycles. The number of aliphatic hydroxyl groups excluding tert-OH is 1. The Morgan fingerprint density at radius 2 is 1.94 bits per heavy atom. The minimum absolute atomic E-state index is 0.0232. The fraction of sp³-hybridized carbons (Fsp3) is 0.333. The first-order chi connectivity index (χ1) is 15.1. The molecule has 2 aliphatic rings. The molecular formula is C24H24FN3O3. The van der Waals surface area contributed by atoms with Gasteiger partial charge in [0, 0.05) is 25.5 Å². The lowest BCUT2D eigenvalue weighted by molar-refractivity contribution is 0.00445. The molecule has 0 unspecified atom stereocenters. The van der Waals surface area contributed by atoms with E-state index in [0.717, 1.165) is 29.7 Å². The van der Waals surface area contributed by atoms with Crippen molar-refractivity contribution in [3.63, 3.8) is 0 Å². The van der Waals surface area contributed by atoms with Gasteiger partial charge in [0.1, 0.15) is 6.10 Å². The first-order valence-corrected chi connectivity index (χ1v) is 10.6. The number of nitrogens with zero attached hydrogens (tertiary/aromatic N) is 3. The lowest BCUT2D eigenvalue weighted by Crippen LogP contribution is -2.35. The maximum absolute atomic E-state index is 14.6. The minimum Gasteiger partial charge on any atom is -0.484 e. The van der Waals surface area contributed by atoms with Crippen LogP contribution in [0.4, 0.5) is 4.39 Å². The Labute approximate surface area is 179 Å². The Morgan fingerprint density at radius 1 is 1.13 bits per heavy atom. The molecule has 2 aromatic carbocycles. The molecule has 1 aromatic heterocycles. The van der Waals surface area contributed by atoms with E-state index in [-0.39, 0.29) is 17.2 Å². The van der Waals surface area contributed by atoms with Gasteiger partial charge in [-0.05, 0) is 54.7 Å². The van der Waals surface area contributed by atoms with Crippen molar-refractivity contribution < 1.29 is 19.0 Å². The second-order valence-electron chi connectivity index (χ2n) is 8.20. The molecule has 0 bridgehead atoms. The molecule has 0 radical (unpaired) electrons. The lowest BCUT2D eigenvalue weighted by atomic mass is 9.94. The van der Waals surface area contributed by atoms with E-state index < -0.39 is 18.0 Å². The number of halogens is 1. The van der Waals surface area contributed by atoms with Crippen molar-refractivity contribution in [1.29, 1.82) is 0 Å². The Morgan fingerprint density at radius 3 is 2.68 bits per heavy atom. The standard InChI is InChI=1S/C24H24FN3O3/c25-19-11-8-17-15-27(14-16-6-9-18(10-7-16)28-13-3-12-26-28)24(30)22(17)23(19)31-21-5-2-1-4-20(21)29/h3,6-13,20-21,29H,1-2,4-5,14-15H2/t20-,21-/m0/s1. The number of amides is 1. The van der Waals surface area contributed by atoms with Gasteiger partial charge in [0.25, 0.3) is 5.91 Å². The first kappa shape index (κ1) is 19.8. The van der Waals surface area contributed by atoms with Crippen LogP contribution in [0, 0.1) is 5.82 Å². The van der Waals surface area contributed by atoms with Crippen molar-refractivity contribution in [2.24, 2.45) is 0 Å². The average Bonchev–Trinajstić information content (AvgIpc) is 3.41. The number of carbonyl (C=O) groups excluding carboxylic acids is 1. The molecule has 1 aliphatic carbocycles. The maximum Gasteiger partial charge on any atom is 0.258 e. The number of aliphatic hydroxyl groups is 1. The Balaban J connectivity index is 1.35. The summed E-state index contributed by atoms with van der Waals surface area (Å²) in [5, 5.41) is 14.4. The van der Waals surface area contributed by atoms with Gasteiger partial charge in [-0.15, -0.1) is 0 Å². The highest BCUT2D eigenvalue weighted by Gasteiger charge is 2.35. The maximum atomic E-state index is 14.6. The normalized spacial score (nSPS) is 20.7. The van der Waals surface area contributed by atoms with E-state index in [1.165, 1.54) is 6.07 Å². The van der Waals surface area contributed by atoms with Crippen molar-refractivity contribution in [2.45, 2.75) is 51.0 Å². The molecule has 31 heavy (non-hydrogen) atoms. The van der Waals surface area contributed by atoms with Crippen LogP contribution in [0.1, 0.15) is 47.2 Å². The summed E-state index contributed by atoms with van der Waals surface area (Å²) in [6.45, 7) is 0.818. The number of fused-ring (bicyclic) bond motifs is 1. The third kappa shape index (κ3) is 3.81. The van der Waals surface area contributed by atoms with Crippen LogP contribution in [0.25, 0.3) is 5.69 Å². The van der Waals surface area contributed by atoms with Crippen molar-refractivity contribution in [2.75, 3.05) is 0 Å². The Kier molecular flexibility index (Phi) is 5.19. The fourth-order valence-corrected chi connectivity index (χ4v) is 4.40. The summed E-state index contributed by atoms with van der Waals surface area (Å²) in [4.78, 5) is 14.8. The topological polar surface area (TPSA) is 67.6 Å². The first-order valence-electron chi connectivity index (χ1n) is 10.6. The highest BCUT2D eigenvalue weighted by Crippen LogP contribution is 2.36. The van der Waals surface area contributed by atoms with Crippen LogP contribution in [0.2, 0.25) is 0 Å². The van der Waals surface area contributed by atoms with Crippen molar-refractivity contribution in [3.8, 4) is 11.4 Å². The molecule has 6 nitrogen and oxygen atoms in total. The fourth-order valence-electron chi connectivity index (χ4n) is 4.40. The molecule has 1 fully saturated rings. The van der Waals surface area contributed by atoms with Crippen LogP contribution in [0.5, 0.6) is 5.75 Å². The van der Waals surface area contributed by atoms with Gasteiger partial charge >= 0.3 is 0 Å². The molecule has 0 saturated heterocycles. The van der Waals surface area contributed by atoms with Gasteiger partial charge in [0.05, 0.1) is 17.4 Å². The van der Waals surface area contributed by atoms with Crippen LogP contribution in [0.3, 0.4) is 0 Å². The van der Waals surface area contributed by atoms with E-state index in [1.54, 1.807) is 21.8 Å².